The Bertz CT molecular complexity index is 92.2. The van der Waals surface area contributed by atoms with E-state index in [0.29, 0.717) is 0 Å². The molecule has 4 heteroatoms. The van der Waals surface area contributed by atoms with Gasteiger partial charge in [0, 0.05) is 6.42 Å². The van der Waals surface area contributed by atoms with E-state index < -0.39 is 12.3 Å². The van der Waals surface area contributed by atoms with Gasteiger partial charge in [-0.05, 0) is 6.92 Å². The molecule has 1 atom stereocenters. The van der Waals surface area contributed by atoms with Crippen molar-refractivity contribution in [1.29, 1.82) is 0 Å². The molecular formula is C5H9FO3. The molecule has 0 aliphatic rings. The molecule has 0 bridgehead atoms. The zero-order valence-corrected chi connectivity index (χ0v) is 5.13. The van der Waals surface area contributed by atoms with E-state index in [2.05, 4.69) is 4.74 Å². The smallest absolute Gasteiger partial charge is 0.450 e. The Morgan fingerprint density at radius 3 is 2.78 bits per heavy atom. The second-order valence-corrected chi connectivity index (χ2v) is 1.68. The number of alkyl halides is 1. The summed E-state index contributed by atoms with van der Waals surface area (Å²) in [5.74, 6) is 0. The van der Waals surface area contributed by atoms with Crippen LogP contribution in [0.15, 0.2) is 0 Å². The predicted octanol–water partition coefficient (Wildman–Crippen LogP) is 1.43. The van der Waals surface area contributed by atoms with Crippen LogP contribution in [-0.4, -0.2) is 24.0 Å². The Morgan fingerprint density at radius 2 is 2.44 bits per heavy atom. The van der Waals surface area contributed by atoms with Gasteiger partial charge in [0.2, 0.25) is 0 Å². The number of hydrogen-bond donors (Lipinski definition) is 1. The minimum absolute atomic E-state index is 0.0625. The minimum Gasteiger partial charge on any atom is -0.450 e. The molecule has 0 saturated heterocycles. The minimum atomic E-state index is -1.35. The van der Waals surface area contributed by atoms with Crippen molar-refractivity contribution in [1.82, 2.24) is 0 Å². The van der Waals surface area contributed by atoms with Crippen molar-refractivity contribution in [3.63, 3.8) is 0 Å². The van der Waals surface area contributed by atoms with Crippen molar-refractivity contribution in [3.05, 3.63) is 0 Å². The van der Waals surface area contributed by atoms with Gasteiger partial charge in [-0.25, -0.2) is 9.18 Å². The molecule has 0 saturated carbocycles. The summed E-state index contributed by atoms with van der Waals surface area (Å²) in [6.45, 7) is 1.29. The van der Waals surface area contributed by atoms with E-state index in [9.17, 15) is 9.18 Å². The Balaban J connectivity index is 3.01. The van der Waals surface area contributed by atoms with Crippen molar-refractivity contribution in [2.75, 3.05) is 6.61 Å². The van der Waals surface area contributed by atoms with Gasteiger partial charge in [0.05, 0.1) is 6.61 Å². The fourth-order valence-electron chi connectivity index (χ4n) is 0.309. The van der Waals surface area contributed by atoms with Gasteiger partial charge in [-0.1, -0.05) is 0 Å². The van der Waals surface area contributed by atoms with E-state index in [0.717, 1.165) is 0 Å². The maximum absolute atomic E-state index is 11.9. The molecule has 0 fully saturated rings. The molecule has 1 N–H and O–H groups in total. The van der Waals surface area contributed by atoms with Crippen molar-refractivity contribution in [3.8, 4) is 0 Å². The summed E-state index contributed by atoms with van der Waals surface area (Å²) in [5, 5.41) is 7.88. The van der Waals surface area contributed by atoms with Gasteiger partial charge in [0.15, 0.2) is 0 Å². The van der Waals surface area contributed by atoms with E-state index >= 15 is 0 Å². The third-order valence-corrected chi connectivity index (χ3v) is 0.741. The first-order valence-electron chi connectivity index (χ1n) is 2.62. The lowest BCUT2D eigenvalue weighted by atomic mass is 10.3. The molecule has 0 radical (unpaired) electrons. The maximum Gasteiger partial charge on any atom is 0.505 e. The monoisotopic (exact) mass is 136 g/mol. The van der Waals surface area contributed by atoms with Gasteiger partial charge in [-0.2, -0.15) is 0 Å². The summed E-state index contributed by atoms with van der Waals surface area (Å²) in [5.41, 5.74) is 0. The number of rotatable bonds is 3. The van der Waals surface area contributed by atoms with E-state index in [1.54, 1.807) is 0 Å². The third kappa shape index (κ3) is 7.20. The summed E-state index contributed by atoms with van der Waals surface area (Å²) >= 11 is 0. The number of carbonyl (C=O) groups is 1. The van der Waals surface area contributed by atoms with Gasteiger partial charge in [-0.15, -0.1) is 0 Å². The zero-order valence-electron chi connectivity index (χ0n) is 5.13. The van der Waals surface area contributed by atoms with Crippen molar-refractivity contribution in [2.24, 2.45) is 0 Å². The molecule has 0 aliphatic carbocycles. The standard InChI is InChI=1S/C5H9FO3/c1-4(6)2-3-9-5(7)8/h4H,2-3H2,1H3,(H,7,8). The number of hydrogen-bond acceptors (Lipinski definition) is 2. The molecule has 0 spiro atoms. The Kier molecular flexibility index (Phi) is 3.75. The van der Waals surface area contributed by atoms with Crippen molar-refractivity contribution < 1.29 is 19.0 Å². The molecule has 0 amide bonds. The second kappa shape index (κ2) is 4.12. The van der Waals surface area contributed by atoms with E-state index in [4.69, 9.17) is 5.11 Å². The van der Waals surface area contributed by atoms with E-state index in [1.807, 2.05) is 0 Å². The first kappa shape index (κ1) is 8.20. The number of carboxylic acid groups (broad SMARTS) is 1. The largest absolute Gasteiger partial charge is 0.505 e. The zero-order chi connectivity index (χ0) is 7.28. The van der Waals surface area contributed by atoms with Crippen LogP contribution < -0.4 is 0 Å². The summed E-state index contributed by atoms with van der Waals surface area (Å²) in [4.78, 5) is 9.64. The summed E-state index contributed by atoms with van der Waals surface area (Å²) < 4.78 is 15.9. The van der Waals surface area contributed by atoms with Gasteiger partial charge >= 0.3 is 6.16 Å². The van der Waals surface area contributed by atoms with Crippen LogP contribution >= 0.6 is 0 Å². The van der Waals surface area contributed by atoms with E-state index in [1.165, 1.54) is 6.92 Å². The molecule has 0 aromatic rings. The highest BCUT2D eigenvalue weighted by Crippen LogP contribution is 1.95. The van der Waals surface area contributed by atoms with E-state index in [-0.39, 0.29) is 13.0 Å². The molecule has 3 nitrogen and oxygen atoms in total. The topological polar surface area (TPSA) is 46.5 Å². The molecule has 0 rings (SSSR count). The fourth-order valence-corrected chi connectivity index (χ4v) is 0.309. The molecule has 0 heterocycles. The first-order valence-corrected chi connectivity index (χ1v) is 2.62. The van der Waals surface area contributed by atoms with Crippen LogP contribution in [0.2, 0.25) is 0 Å². The lowest BCUT2D eigenvalue weighted by Crippen LogP contribution is -2.05. The Labute approximate surface area is 52.4 Å². The molecular weight excluding hydrogens is 127 g/mol. The lowest BCUT2D eigenvalue weighted by Gasteiger charge is -1.99. The maximum atomic E-state index is 11.9. The van der Waals surface area contributed by atoms with Crippen LogP contribution in [0.4, 0.5) is 9.18 Å². The highest BCUT2D eigenvalue weighted by molar-refractivity contribution is 5.56. The van der Waals surface area contributed by atoms with Crippen molar-refractivity contribution in [2.45, 2.75) is 19.5 Å². The molecule has 9 heavy (non-hydrogen) atoms. The molecule has 0 aromatic heterocycles. The summed E-state index contributed by atoms with van der Waals surface area (Å²) in [6, 6.07) is 0. The highest BCUT2D eigenvalue weighted by Gasteiger charge is 1.99. The van der Waals surface area contributed by atoms with Crippen LogP contribution in [0.1, 0.15) is 13.3 Å². The second-order valence-electron chi connectivity index (χ2n) is 1.68. The highest BCUT2D eigenvalue weighted by atomic mass is 19.1. The summed E-state index contributed by atoms with van der Waals surface area (Å²) in [7, 11) is 0. The first-order chi connectivity index (χ1) is 4.13. The fraction of sp³-hybridized carbons (Fsp3) is 0.800. The van der Waals surface area contributed by atoms with Gasteiger partial charge in [0.25, 0.3) is 0 Å². The van der Waals surface area contributed by atoms with Crippen molar-refractivity contribution >= 4 is 6.16 Å². The van der Waals surface area contributed by atoms with Crippen LogP contribution in [0, 0.1) is 0 Å². The van der Waals surface area contributed by atoms with Crippen LogP contribution in [0.5, 0.6) is 0 Å². The van der Waals surface area contributed by atoms with Gasteiger partial charge in [0.1, 0.15) is 6.17 Å². The van der Waals surface area contributed by atoms with Crippen LogP contribution in [0.3, 0.4) is 0 Å². The SMILES string of the molecule is CC(F)CCOC(=O)O. The molecule has 54 valence electrons. The quantitative estimate of drug-likeness (QED) is 0.597. The number of halogens is 1. The molecule has 0 aliphatic heterocycles. The molecule has 0 aromatic carbocycles. The average Bonchev–Trinajstić information content (AvgIpc) is 1.63. The third-order valence-electron chi connectivity index (χ3n) is 0.741. The molecule has 1 unspecified atom stereocenters. The number of ether oxygens (including phenoxy) is 1. The normalized spacial score (nSPS) is 12.7. The predicted molar refractivity (Wildman–Crippen MR) is 29.2 cm³/mol. The lowest BCUT2D eigenvalue weighted by molar-refractivity contribution is 0.0847. The van der Waals surface area contributed by atoms with Gasteiger partial charge in [-0.3, -0.25) is 0 Å². The van der Waals surface area contributed by atoms with Crippen LogP contribution in [0.25, 0.3) is 0 Å². The van der Waals surface area contributed by atoms with Gasteiger partial charge < -0.3 is 9.84 Å². The average molecular weight is 136 g/mol. The summed E-state index contributed by atoms with van der Waals surface area (Å²) in [6.07, 6.45) is -2.22. The Hall–Kier alpha value is -0.800. The Morgan fingerprint density at radius 1 is 1.89 bits per heavy atom. The van der Waals surface area contributed by atoms with Crippen LogP contribution in [-0.2, 0) is 4.74 Å².